The molecule has 3 nitrogen and oxygen atoms in total. The third-order valence-electron chi connectivity index (χ3n) is 3.94. The van der Waals surface area contributed by atoms with Crippen LogP contribution >= 0.6 is 23.4 Å². The molecule has 2 aromatic rings. The summed E-state index contributed by atoms with van der Waals surface area (Å²) in [4.78, 5) is 0. The first kappa shape index (κ1) is 14.9. The van der Waals surface area contributed by atoms with Crippen LogP contribution in [0, 0.1) is 0 Å². The van der Waals surface area contributed by atoms with Crippen molar-refractivity contribution < 1.29 is 0 Å². The summed E-state index contributed by atoms with van der Waals surface area (Å²) in [6, 6.07) is 10.9. The number of hydrogen-bond acceptors (Lipinski definition) is 3. The molecule has 0 saturated heterocycles. The summed E-state index contributed by atoms with van der Waals surface area (Å²) in [7, 11) is 0. The van der Waals surface area contributed by atoms with Gasteiger partial charge in [0.25, 0.3) is 0 Å². The maximum absolute atomic E-state index is 5.84. The van der Waals surface area contributed by atoms with Crippen molar-refractivity contribution in [2.45, 2.75) is 43.3 Å². The molecule has 1 aromatic carbocycles. The fraction of sp³-hybridized carbons (Fsp3) is 0.500. The van der Waals surface area contributed by atoms with E-state index in [1.165, 1.54) is 32.1 Å². The zero-order chi connectivity index (χ0) is 14.5. The predicted octanol–water partition coefficient (Wildman–Crippen LogP) is 4.78. The Bertz CT molecular complexity index is 564. The number of thioether (sulfide) groups is 1. The molecule has 5 heteroatoms. The molecule has 0 atom stereocenters. The van der Waals surface area contributed by atoms with E-state index in [0.29, 0.717) is 11.9 Å². The van der Waals surface area contributed by atoms with Gasteiger partial charge in [-0.1, -0.05) is 61.4 Å². The average molecular weight is 322 g/mol. The smallest absolute Gasteiger partial charge is 0.191 e. The van der Waals surface area contributed by atoms with Gasteiger partial charge in [0.1, 0.15) is 0 Å². The summed E-state index contributed by atoms with van der Waals surface area (Å²) in [5, 5.41) is 9.90. The molecule has 1 fully saturated rings. The van der Waals surface area contributed by atoms with Crippen LogP contribution in [0.15, 0.2) is 35.5 Å². The molecule has 0 unspecified atom stereocenters. The van der Waals surface area contributed by atoms with Gasteiger partial charge in [-0.3, -0.25) is 4.57 Å². The number of nitrogens with zero attached hydrogens (tertiary/aromatic N) is 3. The van der Waals surface area contributed by atoms with E-state index in [1.54, 1.807) is 11.8 Å². The normalized spacial score (nSPS) is 16.2. The Morgan fingerprint density at radius 3 is 2.57 bits per heavy atom. The highest BCUT2D eigenvalue weighted by molar-refractivity contribution is 7.99. The molecule has 0 bridgehead atoms. The van der Waals surface area contributed by atoms with Gasteiger partial charge in [0.05, 0.1) is 0 Å². The lowest BCUT2D eigenvalue weighted by atomic mass is 9.95. The largest absolute Gasteiger partial charge is 0.299 e. The zero-order valence-corrected chi connectivity index (χ0v) is 13.6. The third-order valence-corrected chi connectivity index (χ3v) is 5.30. The van der Waals surface area contributed by atoms with Crippen molar-refractivity contribution in [2.24, 2.45) is 0 Å². The second kappa shape index (κ2) is 7.32. The van der Waals surface area contributed by atoms with E-state index in [0.717, 1.165) is 22.3 Å². The van der Waals surface area contributed by atoms with Crippen LogP contribution in [0.25, 0.3) is 11.4 Å². The van der Waals surface area contributed by atoms with Crippen LogP contribution in [0.5, 0.6) is 0 Å². The summed E-state index contributed by atoms with van der Waals surface area (Å²) in [6.07, 6.45) is 6.41. The van der Waals surface area contributed by atoms with Gasteiger partial charge < -0.3 is 0 Å². The van der Waals surface area contributed by atoms with Crippen molar-refractivity contribution in [3.05, 3.63) is 30.3 Å². The average Bonchev–Trinajstić information content (AvgIpc) is 2.98. The number of rotatable bonds is 5. The minimum absolute atomic E-state index is 0.529. The first-order valence-electron chi connectivity index (χ1n) is 7.59. The first-order valence-corrected chi connectivity index (χ1v) is 9.11. The number of halogens is 1. The number of benzene rings is 1. The Labute approximate surface area is 135 Å². The molecule has 3 rings (SSSR count). The van der Waals surface area contributed by atoms with Gasteiger partial charge in [-0.05, 0) is 12.8 Å². The summed E-state index contributed by atoms with van der Waals surface area (Å²) < 4.78 is 2.35. The van der Waals surface area contributed by atoms with Crippen LogP contribution in [0.4, 0.5) is 0 Å². The fourth-order valence-electron chi connectivity index (χ4n) is 2.96. The minimum atomic E-state index is 0.529. The van der Waals surface area contributed by atoms with E-state index in [2.05, 4.69) is 39.0 Å². The van der Waals surface area contributed by atoms with Crippen molar-refractivity contribution in [1.82, 2.24) is 14.8 Å². The van der Waals surface area contributed by atoms with Crippen molar-refractivity contribution in [2.75, 3.05) is 11.6 Å². The predicted molar refractivity (Wildman–Crippen MR) is 89.0 cm³/mol. The van der Waals surface area contributed by atoms with Crippen LogP contribution in [-0.4, -0.2) is 26.4 Å². The standard InChI is InChI=1S/C16H20ClN3S/c17-11-12-21-16-19-18-15(13-7-3-1-4-8-13)20(16)14-9-5-2-6-10-14/h1,3-4,7-8,14H,2,5-6,9-12H2. The maximum Gasteiger partial charge on any atom is 0.191 e. The molecule has 0 spiro atoms. The van der Waals surface area contributed by atoms with Crippen LogP contribution < -0.4 is 0 Å². The second-order valence-corrected chi connectivity index (χ2v) is 6.81. The molecule has 0 amide bonds. The Morgan fingerprint density at radius 1 is 1.10 bits per heavy atom. The van der Waals surface area contributed by atoms with Crippen LogP contribution in [0.2, 0.25) is 0 Å². The highest BCUT2D eigenvalue weighted by atomic mass is 35.5. The van der Waals surface area contributed by atoms with Gasteiger partial charge in [-0.25, -0.2) is 0 Å². The molecule has 0 N–H and O–H groups in total. The summed E-state index contributed by atoms with van der Waals surface area (Å²) in [6.45, 7) is 0. The van der Waals surface area contributed by atoms with Crippen molar-refractivity contribution in [3.8, 4) is 11.4 Å². The van der Waals surface area contributed by atoms with E-state index in [1.807, 2.05) is 6.07 Å². The van der Waals surface area contributed by atoms with E-state index in [4.69, 9.17) is 11.6 Å². The second-order valence-electron chi connectivity index (χ2n) is 5.37. The van der Waals surface area contributed by atoms with Gasteiger partial charge in [0.15, 0.2) is 11.0 Å². The zero-order valence-electron chi connectivity index (χ0n) is 12.0. The molecule has 1 aromatic heterocycles. The molecule has 1 aliphatic carbocycles. The molecule has 21 heavy (non-hydrogen) atoms. The SMILES string of the molecule is ClCCSc1nnc(-c2ccccc2)n1C1CCCCC1. The highest BCUT2D eigenvalue weighted by Gasteiger charge is 2.23. The topological polar surface area (TPSA) is 30.7 Å². The monoisotopic (exact) mass is 321 g/mol. The number of aromatic nitrogens is 3. The number of alkyl halides is 1. The summed E-state index contributed by atoms with van der Waals surface area (Å²) in [5.41, 5.74) is 1.15. The van der Waals surface area contributed by atoms with Gasteiger partial charge >= 0.3 is 0 Å². The van der Waals surface area contributed by atoms with Crippen molar-refractivity contribution in [1.29, 1.82) is 0 Å². The van der Waals surface area contributed by atoms with Crippen molar-refractivity contribution >= 4 is 23.4 Å². The van der Waals surface area contributed by atoms with Gasteiger partial charge in [-0.15, -0.1) is 21.8 Å². The molecule has 0 aliphatic heterocycles. The quantitative estimate of drug-likeness (QED) is 0.586. The van der Waals surface area contributed by atoms with Gasteiger partial charge in [0, 0.05) is 23.2 Å². The van der Waals surface area contributed by atoms with E-state index < -0.39 is 0 Å². The molecule has 1 saturated carbocycles. The van der Waals surface area contributed by atoms with Crippen LogP contribution in [0.3, 0.4) is 0 Å². The Morgan fingerprint density at radius 2 is 1.86 bits per heavy atom. The molecular weight excluding hydrogens is 302 g/mol. The maximum atomic E-state index is 5.84. The highest BCUT2D eigenvalue weighted by Crippen LogP contribution is 2.35. The molecule has 0 radical (unpaired) electrons. The molecular formula is C16H20ClN3S. The lowest BCUT2D eigenvalue weighted by Gasteiger charge is -2.25. The van der Waals surface area contributed by atoms with Gasteiger partial charge in [-0.2, -0.15) is 0 Å². The van der Waals surface area contributed by atoms with E-state index in [9.17, 15) is 0 Å². The Balaban J connectivity index is 1.97. The fourth-order valence-corrected chi connectivity index (χ4v) is 3.92. The van der Waals surface area contributed by atoms with Crippen LogP contribution in [0.1, 0.15) is 38.1 Å². The Kier molecular flexibility index (Phi) is 5.20. The number of hydrogen-bond donors (Lipinski definition) is 0. The van der Waals surface area contributed by atoms with E-state index >= 15 is 0 Å². The minimum Gasteiger partial charge on any atom is -0.299 e. The lowest BCUT2D eigenvalue weighted by Crippen LogP contribution is -2.15. The molecule has 1 heterocycles. The van der Waals surface area contributed by atoms with E-state index in [-0.39, 0.29) is 0 Å². The summed E-state index contributed by atoms with van der Waals surface area (Å²) >= 11 is 7.55. The van der Waals surface area contributed by atoms with Gasteiger partial charge in [0.2, 0.25) is 0 Å². The summed E-state index contributed by atoms with van der Waals surface area (Å²) in [5.74, 6) is 2.52. The third kappa shape index (κ3) is 3.43. The molecule has 1 aliphatic rings. The van der Waals surface area contributed by atoms with Crippen LogP contribution in [-0.2, 0) is 0 Å². The first-order chi connectivity index (χ1) is 10.4. The van der Waals surface area contributed by atoms with Crippen molar-refractivity contribution in [3.63, 3.8) is 0 Å². The lowest BCUT2D eigenvalue weighted by molar-refractivity contribution is 0.339. The molecule has 112 valence electrons. The Hall–Kier alpha value is -1.00.